The number of hydrogen-bond donors (Lipinski definition) is 1. The van der Waals surface area contributed by atoms with E-state index < -0.39 is 0 Å². The van der Waals surface area contributed by atoms with Crippen LogP contribution in [0.2, 0.25) is 0 Å². The molecule has 0 aliphatic rings. The lowest BCUT2D eigenvalue weighted by Gasteiger charge is -2.08. The molecule has 1 aromatic heterocycles. The summed E-state index contributed by atoms with van der Waals surface area (Å²) in [6.07, 6.45) is 0. The first-order valence-electron chi connectivity index (χ1n) is 7.20. The lowest BCUT2D eigenvalue weighted by atomic mass is 10.3. The fraction of sp³-hybridized carbons (Fsp3) is 0.125. The van der Waals surface area contributed by atoms with Crippen molar-refractivity contribution in [1.29, 1.82) is 0 Å². The summed E-state index contributed by atoms with van der Waals surface area (Å²) in [5.41, 5.74) is 0.603. The second kappa shape index (κ2) is 7.32. The second-order valence-corrected chi connectivity index (χ2v) is 4.86. The Morgan fingerprint density at radius 2 is 1.88 bits per heavy atom. The third-order valence-corrected chi connectivity index (χ3v) is 3.16. The largest absolute Gasteiger partial charge is 0.484 e. The highest BCUT2D eigenvalue weighted by Gasteiger charge is 2.10. The van der Waals surface area contributed by atoms with Crippen LogP contribution in [0.5, 0.6) is 5.75 Å². The van der Waals surface area contributed by atoms with Gasteiger partial charge in [0.2, 0.25) is 0 Å². The van der Waals surface area contributed by atoms with Gasteiger partial charge in [0.1, 0.15) is 11.6 Å². The van der Waals surface area contributed by atoms with Crippen LogP contribution >= 0.6 is 0 Å². The number of nitrogens with zero attached hydrogens (tertiary/aromatic N) is 4. The number of aromatic nitrogens is 4. The third kappa shape index (κ3) is 3.92. The molecule has 1 heterocycles. The molecule has 7 nitrogen and oxygen atoms in total. The van der Waals surface area contributed by atoms with E-state index in [0.717, 1.165) is 0 Å². The summed E-state index contributed by atoms with van der Waals surface area (Å²) < 4.78 is 19.8. The molecule has 3 rings (SSSR count). The summed E-state index contributed by atoms with van der Waals surface area (Å²) in [5, 5.41) is 14.0. The summed E-state index contributed by atoms with van der Waals surface area (Å²) in [4.78, 5) is 11.8. The molecule has 0 aliphatic heterocycles. The fourth-order valence-electron chi connectivity index (χ4n) is 1.99. The van der Waals surface area contributed by atoms with Gasteiger partial charge in [-0.3, -0.25) is 4.79 Å². The Balaban J connectivity index is 1.56. The average Bonchev–Trinajstić information content (AvgIpc) is 3.08. The molecule has 122 valence electrons. The van der Waals surface area contributed by atoms with Gasteiger partial charge in [0.05, 0.1) is 12.2 Å². The van der Waals surface area contributed by atoms with Crippen LogP contribution in [0.4, 0.5) is 4.39 Å². The third-order valence-electron chi connectivity index (χ3n) is 3.16. The van der Waals surface area contributed by atoms with Crippen LogP contribution < -0.4 is 10.1 Å². The number of ether oxygens (including phenoxy) is 1. The smallest absolute Gasteiger partial charge is 0.258 e. The minimum atomic E-state index is -0.347. The zero-order valence-electron chi connectivity index (χ0n) is 12.6. The Hall–Kier alpha value is -3.29. The maximum atomic E-state index is 13.0. The molecule has 0 saturated heterocycles. The topological polar surface area (TPSA) is 81.9 Å². The number of hydrogen-bond acceptors (Lipinski definition) is 5. The maximum Gasteiger partial charge on any atom is 0.258 e. The van der Waals surface area contributed by atoms with E-state index in [4.69, 9.17) is 4.74 Å². The average molecular weight is 327 g/mol. The number of amides is 1. The van der Waals surface area contributed by atoms with Crippen molar-refractivity contribution in [3.8, 4) is 11.4 Å². The quantitative estimate of drug-likeness (QED) is 0.742. The minimum Gasteiger partial charge on any atom is -0.484 e. The standard InChI is InChI=1S/C16H14FN5O2/c17-12-6-8-13(9-7-12)22-15(19-20-21-22)10-18-16(23)11-24-14-4-2-1-3-5-14/h1-9H,10-11H2,(H,18,23). The van der Waals surface area contributed by atoms with Gasteiger partial charge in [0.25, 0.3) is 5.91 Å². The van der Waals surface area contributed by atoms with Gasteiger partial charge in [-0.25, -0.2) is 4.39 Å². The van der Waals surface area contributed by atoms with Crippen LogP contribution in [0.3, 0.4) is 0 Å². The van der Waals surface area contributed by atoms with E-state index in [2.05, 4.69) is 20.8 Å². The van der Waals surface area contributed by atoms with Crippen molar-refractivity contribution < 1.29 is 13.9 Å². The minimum absolute atomic E-state index is 0.109. The predicted molar refractivity (Wildman–Crippen MR) is 82.9 cm³/mol. The van der Waals surface area contributed by atoms with E-state index in [1.807, 2.05) is 18.2 Å². The highest BCUT2D eigenvalue weighted by atomic mass is 19.1. The van der Waals surface area contributed by atoms with Crippen LogP contribution in [0, 0.1) is 5.82 Å². The molecule has 24 heavy (non-hydrogen) atoms. The number of para-hydroxylation sites is 1. The molecular formula is C16H14FN5O2. The van der Waals surface area contributed by atoms with Crippen molar-refractivity contribution in [1.82, 2.24) is 25.5 Å². The summed E-state index contributed by atoms with van der Waals surface area (Å²) in [6.45, 7) is 0.0173. The first kappa shape index (κ1) is 15.6. The zero-order chi connectivity index (χ0) is 16.8. The number of rotatable bonds is 6. The van der Waals surface area contributed by atoms with Gasteiger partial charge in [0.15, 0.2) is 12.4 Å². The van der Waals surface area contributed by atoms with Crippen molar-refractivity contribution in [2.75, 3.05) is 6.61 Å². The lowest BCUT2D eigenvalue weighted by Crippen LogP contribution is -2.29. The van der Waals surface area contributed by atoms with Crippen LogP contribution in [-0.4, -0.2) is 32.7 Å². The Bertz CT molecular complexity index is 805. The van der Waals surface area contributed by atoms with Crippen LogP contribution in [0.1, 0.15) is 5.82 Å². The van der Waals surface area contributed by atoms with Gasteiger partial charge >= 0.3 is 0 Å². The fourth-order valence-corrected chi connectivity index (χ4v) is 1.99. The van der Waals surface area contributed by atoms with Crippen LogP contribution in [0.25, 0.3) is 5.69 Å². The van der Waals surface area contributed by atoms with Gasteiger partial charge in [-0.2, -0.15) is 4.68 Å². The van der Waals surface area contributed by atoms with E-state index in [0.29, 0.717) is 17.3 Å². The first-order chi connectivity index (χ1) is 11.7. The number of carbonyl (C=O) groups is 1. The van der Waals surface area contributed by atoms with Crippen LogP contribution in [0.15, 0.2) is 54.6 Å². The van der Waals surface area contributed by atoms with E-state index in [9.17, 15) is 9.18 Å². The summed E-state index contributed by atoms with van der Waals surface area (Å²) >= 11 is 0. The molecule has 0 unspecified atom stereocenters. The number of benzene rings is 2. The van der Waals surface area contributed by atoms with E-state index in [-0.39, 0.29) is 24.9 Å². The number of halogens is 1. The highest BCUT2D eigenvalue weighted by molar-refractivity contribution is 5.77. The Kier molecular flexibility index (Phi) is 4.76. The normalized spacial score (nSPS) is 10.4. The summed E-state index contributed by atoms with van der Waals surface area (Å²) in [6, 6.07) is 14.8. The monoisotopic (exact) mass is 327 g/mol. The van der Waals surface area contributed by atoms with E-state index in [1.165, 1.54) is 16.8 Å². The SMILES string of the molecule is O=C(COc1ccccc1)NCc1nnnn1-c1ccc(F)cc1. The second-order valence-electron chi connectivity index (χ2n) is 4.86. The van der Waals surface area contributed by atoms with Crippen molar-refractivity contribution >= 4 is 5.91 Å². The van der Waals surface area contributed by atoms with E-state index in [1.54, 1.807) is 24.3 Å². The molecule has 0 atom stereocenters. The zero-order valence-corrected chi connectivity index (χ0v) is 12.6. The molecule has 2 aromatic carbocycles. The molecule has 1 N–H and O–H groups in total. The maximum absolute atomic E-state index is 13.0. The molecular weight excluding hydrogens is 313 g/mol. The molecule has 8 heteroatoms. The van der Waals surface area contributed by atoms with Crippen molar-refractivity contribution in [3.05, 3.63) is 66.2 Å². The summed E-state index contributed by atoms with van der Waals surface area (Å²) in [7, 11) is 0. The predicted octanol–water partition coefficient (Wildman–Crippen LogP) is 1.50. The highest BCUT2D eigenvalue weighted by Crippen LogP contribution is 2.09. The van der Waals surface area contributed by atoms with Gasteiger partial charge in [-0.15, -0.1) is 5.10 Å². The first-order valence-corrected chi connectivity index (χ1v) is 7.20. The molecule has 0 bridgehead atoms. The Morgan fingerprint density at radius 3 is 2.62 bits per heavy atom. The van der Waals surface area contributed by atoms with Crippen molar-refractivity contribution in [2.45, 2.75) is 6.54 Å². The van der Waals surface area contributed by atoms with Gasteiger partial charge in [-0.05, 0) is 46.8 Å². The van der Waals surface area contributed by atoms with E-state index >= 15 is 0 Å². The molecule has 0 spiro atoms. The molecule has 3 aromatic rings. The number of carbonyl (C=O) groups excluding carboxylic acids is 1. The van der Waals surface area contributed by atoms with Gasteiger partial charge < -0.3 is 10.1 Å². The number of tetrazole rings is 1. The molecule has 0 fully saturated rings. The van der Waals surface area contributed by atoms with Gasteiger partial charge in [0, 0.05) is 0 Å². The molecule has 0 saturated carbocycles. The van der Waals surface area contributed by atoms with Crippen molar-refractivity contribution in [2.24, 2.45) is 0 Å². The Labute approximate surface area is 137 Å². The summed E-state index contributed by atoms with van der Waals surface area (Å²) in [5.74, 6) is 0.394. The molecule has 1 amide bonds. The lowest BCUT2D eigenvalue weighted by molar-refractivity contribution is -0.123. The molecule has 0 radical (unpaired) electrons. The van der Waals surface area contributed by atoms with Crippen molar-refractivity contribution in [3.63, 3.8) is 0 Å². The van der Waals surface area contributed by atoms with Gasteiger partial charge in [-0.1, -0.05) is 18.2 Å². The van der Waals surface area contributed by atoms with Crippen LogP contribution in [-0.2, 0) is 11.3 Å². The molecule has 0 aliphatic carbocycles. The Morgan fingerprint density at radius 1 is 1.12 bits per heavy atom. The number of nitrogens with one attached hydrogen (secondary N) is 1.